The van der Waals surface area contributed by atoms with E-state index in [2.05, 4.69) is 15.9 Å². The van der Waals surface area contributed by atoms with E-state index in [1.165, 1.54) is 25.3 Å². The van der Waals surface area contributed by atoms with E-state index >= 15 is 0 Å². The summed E-state index contributed by atoms with van der Waals surface area (Å²) in [7, 11) is 1.36. The topological polar surface area (TPSA) is 104 Å². The highest BCUT2D eigenvalue weighted by atomic mass is 79.9. The van der Waals surface area contributed by atoms with Crippen molar-refractivity contribution < 1.29 is 33.4 Å². The largest absolute Gasteiger partial charge is 0.503 e. The number of carbonyl (C=O) groups excluding carboxylic acids is 4. The van der Waals surface area contributed by atoms with Gasteiger partial charge in [0.2, 0.25) is 11.8 Å². The van der Waals surface area contributed by atoms with Gasteiger partial charge in [0.05, 0.1) is 34.8 Å². The Kier molecular flexibility index (Phi) is 7.32. The number of alkyl halides is 2. The second-order valence-corrected chi connectivity index (χ2v) is 14.3. The highest BCUT2D eigenvalue weighted by Crippen LogP contribution is 2.66. The van der Waals surface area contributed by atoms with Gasteiger partial charge in [0.1, 0.15) is 5.82 Å². The van der Waals surface area contributed by atoms with Crippen LogP contribution < -0.4 is 14.5 Å². The maximum Gasteiger partial charge on any atom is 0.258 e. The van der Waals surface area contributed by atoms with Gasteiger partial charge >= 0.3 is 0 Å². The van der Waals surface area contributed by atoms with Gasteiger partial charge in [-0.25, -0.2) is 9.29 Å². The summed E-state index contributed by atoms with van der Waals surface area (Å²) in [6.45, 7) is 0. The molecule has 0 aromatic heterocycles. The number of nitrogens with zero attached hydrogens (tertiary/aromatic N) is 2. The lowest BCUT2D eigenvalue weighted by Crippen LogP contribution is -2.60. The minimum Gasteiger partial charge on any atom is -0.503 e. The number of aromatic hydroxyl groups is 1. The molecule has 2 heterocycles. The lowest BCUT2D eigenvalue weighted by molar-refractivity contribution is -0.125. The number of allylic oxidation sites excluding steroid dienone is 2. The maximum absolute atomic E-state index is 14.5. The molecule has 4 amide bonds. The van der Waals surface area contributed by atoms with Crippen LogP contribution in [0.15, 0.2) is 76.8 Å². The molecule has 13 heteroatoms. The van der Waals surface area contributed by atoms with Gasteiger partial charge in [0.15, 0.2) is 21.2 Å². The van der Waals surface area contributed by atoms with Crippen molar-refractivity contribution in [2.24, 2.45) is 17.8 Å². The van der Waals surface area contributed by atoms with E-state index in [4.69, 9.17) is 39.5 Å². The summed E-state index contributed by atoms with van der Waals surface area (Å²) in [6.07, 6.45) is 1.75. The lowest BCUT2D eigenvalue weighted by Gasteiger charge is -2.50. The van der Waals surface area contributed by atoms with Gasteiger partial charge < -0.3 is 9.84 Å². The average molecular weight is 749 g/mol. The Morgan fingerprint density at radius 2 is 1.54 bits per heavy atom. The van der Waals surface area contributed by atoms with Crippen LogP contribution in [0.25, 0.3) is 0 Å². The van der Waals surface area contributed by atoms with E-state index < -0.39 is 62.9 Å². The van der Waals surface area contributed by atoms with Crippen molar-refractivity contribution in [2.75, 3.05) is 16.9 Å². The number of halogens is 5. The first-order chi connectivity index (χ1) is 21.8. The third-order valence-electron chi connectivity index (χ3n) is 9.58. The van der Waals surface area contributed by atoms with Crippen molar-refractivity contribution in [1.29, 1.82) is 0 Å². The molecule has 3 aromatic rings. The number of carbonyl (C=O) groups is 4. The SMILES string of the molecule is COc1cc([C@H]2C3=CC[C@@H]4C(=O)N(c5ccc(Cl)cc5)C(=O)[C@@H]4[C@@H]3C[C@@]3(Cl)C(=O)N(c4ccc(F)cc4)C(=O)[C@@]23Cl)cc(Br)c1O. The van der Waals surface area contributed by atoms with Crippen molar-refractivity contribution in [3.63, 3.8) is 0 Å². The second-order valence-electron chi connectivity index (χ2n) is 11.8. The molecule has 0 spiro atoms. The zero-order valence-electron chi connectivity index (χ0n) is 23.8. The number of hydrogen-bond donors (Lipinski definition) is 1. The lowest BCUT2D eigenvalue weighted by atomic mass is 9.56. The summed E-state index contributed by atoms with van der Waals surface area (Å²) in [5.74, 6) is -6.76. The molecule has 46 heavy (non-hydrogen) atoms. The fourth-order valence-corrected chi connectivity index (χ4v) is 9.05. The molecule has 0 unspecified atom stereocenters. The van der Waals surface area contributed by atoms with E-state index in [-0.39, 0.29) is 34.5 Å². The Hall–Kier alpha value is -3.44. The molecule has 8 nitrogen and oxygen atoms in total. The number of phenols is 1. The molecule has 3 fully saturated rings. The minimum absolute atomic E-state index is 0.0643. The summed E-state index contributed by atoms with van der Waals surface area (Å²) < 4.78 is 19.5. The van der Waals surface area contributed by atoms with Gasteiger partial charge in [-0.15, -0.1) is 23.2 Å². The van der Waals surface area contributed by atoms with E-state index in [1.807, 2.05) is 0 Å². The third kappa shape index (κ3) is 4.16. The molecule has 2 saturated heterocycles. The monoisotopic (exact) mass is 746 g/mol. The van der Waals surface area contributed by atoms with Crippen molar-refractivity contribution >= 4 is 85.7 Å². The molecule has 0 bridgehead atoms. The number of fused-ring (bicyclic) bond motifs is 4. The Morgan fingerprint density at radius 3 is 2.20 bits per heavy atom. The summed E-state index contributed by atoms with van der Waals surface area (Å²) in [5, 5.41) is 11.0. The van der Waals surface area contributed by atoms with Crippen LogP contribution in [0.1, 0.15) is 24.3 Å². The fraction of sp³-hybridized carbons (Fsp3) is 0.273. The van der Waals surface area contributed by atoms with Crippen LogP contribution >= 0.6 is 50.7 Å². The molecule has 7 rings (SSSR count). The van der Waals surface area contributed by atoms with Crippen LogP contribution in [0.4, 0.5) is 15.8 Å². The molecule has 2 aliphatic carbocycles. The van der Waals surface area contributed by atoms with E-state index in [1.54, 1.807) is 36.4 Å². The van der Waals surface area contributed by atoms with Crippen molar-refractivity contribution in [2.45, 2.75) is 28.5 Å². The van der Waals surface area contributed by atoms with Crippen LogP contribution in [-0.2, 0) is 19.2 Å². The van der Waals surface area contributed by atoms with E-state index in [0.717, 1.165) is 21.9 Å². The zero-order chi connectivity index (χ0) is 32.9. The predicted octanol–water partition coefficient (Wildman–Crippen LogP) is 6.72. The fourth-order valence-electron chi connectivity index (χ4n) is 7.53. The molecular weight excluding hydrogens is 726 g/mol. The predicted molar refractivity (Wildman–Crippen MR) is 173 cm³/mol. The van der Waals surface area contributed by atoms with Crippen molar-refractivity contribution in [3.8, 4) is 11.5 Å². The molecule has 0 radical (unpaired) electrons. The molecule has 1 saturated carbocycles. The summed E-state index contributed by atoms with van der Waals surface area (Å²) in [4.78, 5) is 54.5. The van der Waals surface area contributed by atoms with Gasteiger partial charge in [0, 0.05) is 10.9 Å². The van der Waals surface area contributed by atoms with E-state index in [9.17, 15) is 28.7 Å². The van der Waals surface area contributed by atoms with Gasteiger partial charge in [0.25, 0.3) is 11.8 Å². The number of ether oxygens (including phenoxy) is 1. The first-order valence-corrected chi connectivity index (χ1v) is 16.2. The van der Waals surface area contributed by atoms with Crippen molar-refractivity contribution in [3.05, 3.63) is 93.2 Å². The number of imide groups is 2. The number of anilines is 2. The Balaban J connectivity index is 1.42. The number of hydrogen-bond acceptors (Lipinski definition) is 6. The van der Waals surface area contributed by atoms with Crippen LogP contribution in [0.5, 0.6) is 11.5 Å². The number of methoxy groups -OCH3 is 1. The zero-order valence-corrected chi connectivity index (χ0v) is 27.7. The molecule has 236 valence electrons. The highest BCUT2D eigenvalue weighted by Gasteiger charge is 2.76. The Labute approximate surface area is 285 Å². The molecule has 4 aliphatic rings. The molecular formula is C33H23BrCl3FN2O6. The van der Waals surface area contributed by atoms with Crippen LogP contribution in [0.2, 0.25) is 5.02 Å². The van der Waals surface area contributed by atoms with Crippen molar-refractivity contribution in [1.82, 2.24) is 0 Å². The maximum atomic E-state index is 14.5. The number of phenolic OH excluding ortho intramolecular Hbond substituents is 1. The van der Waals surface area contributed by atoms with Gasteiger partial charge in [-0.1, -0.05) is 23.3 Å². The van der Waals surface area contributed by atoms with Gasteiger partial charge in [-0.2, -0.15) is 0 Å². The highest BCUT2D eigenvalue weighted by molar-refractivity contribution is 9.10. The smallest absolute Gasteiger partial charge is 0.258 e. The average Bonchev–Trinajstić information content (AvgIpc) is 3.37. The first kappa shape index (κ1) is 31.2. The summed E-state index contributed by atoms with van der Waals surface area (Å²) in [5.41, 5.74) is 1.37. The second kappa shape index (κ2) is 10.8. The van der Waals surface area contributed by atoms with Gasteiger partial charge in [-0.05, 0) is 101 Å². The van der Waals surface area contributed by atoms with Crippen LogP contribution in [0.3, 0.4) is 0 Å². The van der Waals surface area contributed by atoms with Crippen LogP contribution in [-0.4, -0.2) is 45.6 Å². The molecule has 6 atom stereocenters. The minimum atomic E-state index is -2.13. The Morgan fingerprint density at radius 1 is 0.913 bits per heavy atom. The normalized spacial score (nSPS) is 30.3. The summed E-state index contributed by atoms with van der Waals surface area (Å²) >= 11 is 24.2. The standard InChI is InChI=1S/C33H23BrCl3FN2O6/c1-46-24-13-15(12-23(34)27(24)41)26-20-10-11-21-25(29(43)39(28(21)42)18-6-2-16(35)3-7-18)22(20)14-32(36)30(44)40(31(45)33(26,32)37)19-8-4-17(38)5-9-19/h2-10,12-13,21-22,25-26,41H,11,14H2,1H3/t21-,22+,25-,26-,32+,33-/m0/s1. The number of rotatable bonds is 4. The van der Waals surface area contributed by atoms with Crippen LogP contribution in [0, 0.1) is 23.6 Å². The number of benzene rings is 3. The summed E-state index contributed by atoms with van der Waals surface area (Å²) in [6, 6.07) is 14.2. The number of amides is 4. The quantitative estimate of drug-likeness (QED) is 0.181. The van der Waals surface area contributed by atoms with Gasteiger partial charge in [-0.3, -0.25) is 24.1 Å². The first-order valence-electron chi connectivity index (χ1n) is 14.3. The van der Waals surface area contributed by atoms with E-state index in [0.29, 0.717) is 21.8 Å². The Bertz CT molecular complexity index is 1890. The third-order valence-corrected chi connectivity index (χ3v) is 11.9. The molecule has 1 N–H and O–H groups in total. The molecule has 2 aliphatic heterocycles. The molecule has 3 aromatic carbocycles.